The lowest BCUT2D eigenvalue weighted by Crippen LogP contribution is -2.04. The summed E-state index contributed by atoms with van der Waals surface area (Å²) < 4.78 is 37.6. The molecule has 0 radical (unpaired) electrons. The Balaban J connectivity index is 0.000000861. The summed E-state index contributed by atoms with van der Waals surface area (Å²) in [6, 6.07) is 8.70. The molecule has 0 amide bonds. The predicted molar refractivity (Wildman–Crippen MR) is 72.7 cm³/mol. The molecule has 19 heavy (non-hydrogen) atoms. The van der Waals surface area contributed by atoms with Gasteiger partial charge in [-0.15, -0.1) is 0 Å². The number of halogens is 3. The molecule has 1 nitrogen and oxygen atoms in total. The van der Waals surface area contributed by atoms with E-state index in [-0.39, 0.29) is 0 Å². The van der Waals surface area contributed by atoms with Crippen molar-refractivity contribution in [2.75, 3.05) is 0 Å². The number of nitrogens with one attached hydrogen (secondary N) is 1. The van der Waals surface area contributed by atoms with E-state index < -0.39 is 11.7 Å². The molecular formula is C15H16F3N. The molecule has 0 bridgehead atoms. The standard InChI is InChI=1S/C13H10F3N.C2H6/c1-2-11-6-7-12(17-11)9-4-3-5-10(8-9)13(14,15)16;1-2/h2-8,17H,1H2;1-2H3. The van der Waals surface area contributed by atoms with E-state index in [4.69, 9.17) is 0 Å². The zero-order valence-corrected chi connectivity index (χ0v) is 10.9. The van der Waals surface area contributed by atoms with Crippen LogP contribution in [0.4, 0.5) is 13.2 Å². The number of hydrogen-bond acceptors (Lipinski definition) is 0. The Morgan fingerprint density at radius 1 is 1.11 bits per heavy atom. The first-order chi connectivity index (χ1) is 9.00. The second kappa shape index (κ2) is 6.27. The average molecular weight is 267 g/mol. The van der Waals surface area contributed by atoms with Crippen molar-refractivity contribution in [1.82, 2.24) is 4.98 Å². The van der Waals surface area contributed by atoms with Crippen LogP contribution in [0.2, 0.25) is 0 Å². The average Bonchev–Trinajstić information content (AvgIpc) is 2.89. The van der Waals surface area contributed by atoms with E-state index in [0.717, 1.165) is 17.8 Å². The fraction of sp³-hybridized carbons (Fsp3) is 0.200. The van der Waals surface area contributed by atoms with E-state index >= 15 is 0 Å². The number of alkyl halides is 3. The van der Waals surface area contributed by atoms with Gasteiger partial charge in [-0.25, -0.2) is 0 Å². The van der Waals surface area contributed by atoms with E-state index in [9.17, 15) is 13.2 Å². The van der Waals surface area contributed by atoms with Gasteiger partial charge in [0, 0.05) is 11.4 Å². The Morgan fingerprint density at radius 2 is 1.79 bits per heavy atom. The van der Waals surface area contributed by atoms with Gasteiger partial charge in [-0.05, 0) is 35.9 Å². The van der Waals surface area contributed by atoms with Gasteiger partial charge in [0.25, 0.3) is 0 Å². The summed E-state index contributed by atoms with van der Waals surface area (Å²) >= 11 is 0. The molecule has 0 spiro atoms. The van der Waals surface area contributed by atoms with Gasteiger partial charge in [0.2, 0.25) is 0 Å². The third kappa shape index (κ3) is 3.74. The molecule has 0 saturated heterocycles. The zero-order chi connectivity index (χ0) is 14.5. The molecule has 1 N–H and O–H groups in total. The summed E-state index contributed by atoms with van der Waals surface area (Å²) in [6.07, 6.45) is -2.71. The van der Waals surface area contributed by atoms with Crippen LogP contribution in [0, 0.1) is 0 Å². The highest BCUT2D eigenvalue weighted by atomic mass is 19.4. The highest BCUT2D eigenvalue weighted by molar-refractivity contribution is 5.63. The Kier molecular flexibility index (Phi) is 4.98. The molecule has 0 aliphatic heterocycles. The molecule has 1 aromatic carbocycles. The van der Waals surface area contributed by atoms with E-state index in [1.807, 2.05) is 13.8 Å². The number of benzene rings is 1. The Labute approximate surface area is 110 Å². The predicted octanol–water partition coefficient (Wildman–Crippen LogP) is 5.37. The third-order valence-electron chi connectivity index (χ3n) is 2.43. The Hall–Kier alpha value is -1.97. The fourth-order valence-corrected chi connectivity index (χ4v) is 1.56. The van der Waals surface area contributed by atoms with Crippen LogP contribution in [0.25, 0.3) is 17.3 Å². The van der Waals surface area contributed by atoms with Crippen molar-refractivity contribution in [2.45, 2.75) is 20.0 Å². The number of aromatic amines is 1. The van der Waals surface area contributed by atoms with Gasteiger partial charge in [0.15, 0.2) is 0 Å². The van der Waals surface area contributed by atoms with Gasteiger partial charge < -0.3 is 4.98 Å². The molecule has 2 aromatic rings. The van der Waals surface area contributed by atoms with Crippen molar-refractivity contribution in [3.8, 4) is 11.3 Å². The van der Waals surface area contributed by atoms with E-state index in [1.54, 1.807) is 24.3 Å². The maximum Gasteiger partial charge on any atom is 0.416 e. The molecule has 102 valence electrons. The van der Waals surface area contributed by atoms with Crippen molar-refractivity contribution >= 4 is 6.08 Å². The first kappa shape index (κ1) is 15.1. The van der Waals surface area contributed by atoms with E-state index in [1.165, 1.54) is 6.07 Å². The highest BCUT2D eigenvalue weighted by Gasteiger charge is 2.30. The van der Waals surface area contributed by atoms with Crippen LogP contribution in [0.3, 0.4) is 0 Å². The SMILES string of the molecule is C=Cc1ccc(-c2cccc(C(F)(F)F)c2)[nH]1.CC. The number of aromatic nitrogens is 1. The molecule has 0 unspecified atom stereocenters. The lowest BCUT2D eigenvalue weighted by Gasteiger charge is -2.07. The molecule has 0 fully saturated rings. The summed E-state index contributed by atoms with van der Waals surface area (Å²) in [5.41, 5.74) is 1.28. The van der Waals surface area contributed by atoms with Crippen molar-refractivity contribution in [1.29, 1.82) is 0 Å². The molecule has 1 aromatic heterocycles. The van der Waals surface area contributed by atoms with Crippen LogP contribution in [0.15, 0.2) is 43.0 Å². The molecule has 4 heteroatoms. The number of hydrogen-bond donors (Lipinski definition) is 1. The van der Waals surface area contributed by atoms with Crippen LogP contribution in [0.5, 0.6) is 0 Å². The molecule has 0 aliphatic rings. The van der Waals surface area contributed by atoms with Crippen LogP contribution in [0.1, 0.15) is 25.1 Å². The van der Waals surface area contributed by atoms with E-state index in [2.05, 4.69) is 11.6 Å². The Bertz CT molecular complexity index is 538. The van der Waals surface area contributed by atoms with Gasteiger partial charge in [0.05, 0.1) is 5.56 Å². The summed E-state index contributed by atoms with van der Waals surface area (Å²) in [6.45, 7) is 7.58. The van der Waals surface area contributed by atoms with Crippen LogP contribution in [-0.2, 0) is 6.18 Å². The topological polar surface area (TPSA) is 15.8 Å². The van der Waals surface area contributed by atoms with Gasteiger partial charge in [-0.3, -0.25) is 0 Å². The maximum absolute atomic E-state index is 12.5. The van der Waals surface area contributed by atoms with Crippen LogP contribution >= 0.6 is 0 Å². The minimum absolute atomic E-state index is 0.507. The summed E-state index contributed by atoms with van der Waals surface area (Å²) in [7, 11) is 0. The Morgan fingerprint density at radius 3 is 2.32 bits per heavy atom. The fourth-order valence-electron chi connectivity index (χ4n) is 1.56. The van der Waals surface area contributed by atoms with Crippen molar-refractivity contribution in [2.24, 2.45) is 0 Å². The molecule has 1 heterocycles. The maximum atomic E-state index is 12.5. The zero-order valence-electron chi connectivity index (χ0n) is 10.9. The minimum Gasteiger partial charge on any atom is -0.355 e. The van der Waals surface area contributed by atoms with Gasteiger partial charge in [-0.1, -0.05) is 32.6 Å². The van der Waals surface area contributed by atoms with Crippen LogP contribution < -0.4 is 0 Å². The number of rotatable bonds is 2. The van der Waals surface area contributed by atoms with Gasteiger partial charge in [0.1, 0.15) is 0 Å². The number of H-pyrrole nitrogens is 1. The largest absolute Gasteiger partial charge is 0.416 e. The lowest BCUT2D eigenvalue weighted by atomic mass is 10.1. The van der Waals surface area contributed by atoms with Gasteiger partial charge >= 0.3 is 6.18 Å². The first-order valence-electron chi connectivity index (χ1n) is 6.00. The van der Waals surface area contributed by atoms with Crippen molar-refractivity contribution < 1.29 is 13.2 Å². The van der Waals surface area contributed by atoms with Crippen molar-refractivity contribution in [3.63, 3.8) is 0 Å². The van der Waals surface area contributed by atoms with Crippen molar-refractivity contribution in [3.05, 3.63) is 54.2 Å². The second-order valence-electron chi connectivity index (χ2n) is 3.61. The van der Waals surface area contributed by atoms with Gasteiger partial charge in [-0.2, -0.15) is 13.2 Å². The molecule has 2 rings (SSSR count). The summed E-state index contributed by atoms with van der Waals surface area (Å²) in [5, 5.41) is 0. The van der Waals surface area contributed by atoms with Crippen LogP contribution in [-0.4, -0.2) is 4.98 Å². The summed E-state index contributed by atoms with van der Waals surface area (Å²) in [5.74, 6) is 0. The van der Waals surface area contributed by atoms with E-state index in [0.29, 0.717) is 11.3 Å². The first-order valence-corrected chi connectivity index (χ1v) is 6.00. The molecule has 0 saturated carbocycles. The molecule has 0 atom stereocenters. The normalized spacial score (nSPS) is 10.6. The summed E-state index contributed by atoms with van der Waals surface area (Å²) in [4.78, 5) is 2.97. The highest BCUT2D eigenvalue weighted by Crippen LogP contribution is 2.31. The second-order valence-corrected chi connectivity index (χ2v) is 3.61. The molecular weight excluding hydrogens is 251 g/mol. The molecule has 0 aliphatic carbocycles. The lowest BCUT2D eigenvalue weighted by molar-refractivity contribution is -0.137. The third-order valence-corrected chi connectivity index (χ3v) is 2.43. The quantitative estimate of drug-likeness (QED) is 0.753. The smallest absolute Gasteiger partial charge is 0.355 e. The monoisotopic (exact) mass is 267 g/mol. The minimum atomic E-state index is -4.32.